The van der Waals surface area contributed by atoms with Gasteiger partial charge in [-0.15, -0.1) is 0 Å². The third-order valence-electron chi connectivity index (χ3n) is 3.59. The third kappa shape index (κ3) is 2.19. The fourth-order valence-electron chi connectivity index (χ4n) is 2.52. The van der Waals surface area contributed by atoms with Crippen LogP contribution < -0.4 is 0 Å². The zero-order chi connectivity index (χ0) is 14.8. The number of aldehydes is 1. The van der Waals surface area contributed by atoms with Crippen LogP contribution in [0.4, 0.5) is 0 Å². The molecule has 4 nitrogen and oxygen atoms in total. The molecule has 0 atom stereocenters. The molecule has 0 fully saturated rings. The quantitative estimate of drug-likeness (QED) is 0.690. The lowest BCUT2D eigenvalue weighted by molar-refractivity contribution is 0.111. The zero-order valence-corrected chi connectivity index (χ0v) is 11.6. The molecule has 0 aliphatic carbocycles. The first kappa shape index (κ1) is 13.1. The van der Waals surface area contributed by atoms with Crippen LogP contribution in [0.1, 0.15) is 33.0 Å². The fourth-order valence-corrected chi connectivity index (χ4v) is 2.52. The van der Waals surface area contributed by atoms with Crippen molar-refractivity contribution in [2.75, 3.05) is 0 Å². The maximum atomic E-state index is 11.5. The lowest BCUT2D eigenvalue weighted by Gasteiger charge is -2.03. The SMILES string of the molecule is Cc1c(C#N)ccc2nc(Cc3ccccc3)c(C=O)n12. The number of nitriles is 1. The second-order valence-corrected chi connectivity index (χ2v) is 4.86. The number of fused-ring (bicyclic) bond motifs is 1. The first-order chi connectivity index (χ1) is 10.2. The van der Waals surface area contributed by atoms with Crippen LogP contribution in [0.15, 0.2) is 42.5 Å². The molecule has 0 amide bonds. The first-order valence-electron chi connectivity index (χ1n) is 6.64. The summed E-state index contributed by atoms with van der Waals surface area (Å²) in [5.41, 5.74) is 4.33. The molecular formula is C17H13N3O. The number of pyridine rings is 1. The van der Waals surface area contributed by atoms with Crippen LogP contribution in [0.2, 0.25) is 0 Å². The summed E-state index contributed by atoms with van der Waals surface area (Å²) in [4.78, 5) is 16.0. The van der Waals surface area contributed by atoms with Gasteiger partial charge < -0.3 is 0 Å². The van der Waals surface area contributed by atoms with Gasteiger partial charge in [0.15, 0.2) is 6.29 Å². The van der Waals surface area contributed by atoms with Gasteiger partial charge in [0.2, 0.25) is 0 Å². The van der Waals surface area contributed by atoms with Crippen LogP contribution in [-0.2, 0) is 6.42 Å². The topological polar surface area (TPSA) is 58.2 Å². The normalized spacial score (nSPS) is 10.5. The Hall–Kier alpha value is -2.93. The standard InChI is InChI=1S/C17H13N3O/c1-12-14(10-18)7-8-17-19-15(16(11-21)20(12)17)9-13-5-3-2-4-6-13/h2-8,11H,9H2,1H3. The van der Waals surface area contributed by atoms with E-state index in [9.17, 15) is 4.79 Å². The van der Waals surface area contributed by atoms with Crippen LogP contribution in [0.5, 0.6) is 0 Å². The van der Waals surface area contributed by atoms with Crippen LogP contribution in [0, 0.1) is 18.3 Å². The Morgan fingerprint density at radius 1 is 1.24 bits per heavy atom. The number of rotatable bonds is 3. The van der Waals surface area contributed by atoms with Crippen LogP contribution >= 0.6 is 0 Å². The molecule has 2 heterocycles. The van der Waals surface area contributed by atoms with Crippen LogP contribution in [0.25, 0.3) is 5.65 Å². The maximum absolute atomic E-state index is 11.5. The van der Waals surface area contributed by atoms with Gasteiger partial charge >= 0.3 is 0 Å². The van der Waals surface area contributed by atoms with Crippen molar-refractivity contribution < 1.29 is 4.79 Å². The fraction of sp³-hybridized carbons (Fsp3) is 0.118. The lowest BCUT2D eigenvalue weighted by Crippen LogP contribution is -2.01. The Morgan fingerprint density at radius 2 is 2.00 bits per heavy atom. The smallest absolute Gasteiger partial charge is 0.168 e. The molecule has 4 heteroatoms. The summed E-state index contributed by atoms with van der Waals surface area (Å²) >= 11 is 0. The molecule has 3 aromatic rings. The van der Waals surface area contributed by atoms with Crippen molar-refractivity contribution in [2.24, 2.45) is 0 Å². The van der Waals surface area contributed by atoms with Gasteiger partial charge in [0.1, 0.15) is 17.4 Å². The first-order valence-corrected chi connectivity index (χ1v) is 6.64. The molecular weight excluding hydrogens is 262 g/mol. The van der Waals surface area contributed by atoms with Crippen molar-refractivity contribution in [3.63, 3.8) is 0 Å². The molecule has 0 spiro atoms. The number of aromatic nitrogens is 2. The maximum Gasteiger partial charge on any atom is 0.168 e. The highest BCUT2D eigenvalue weighted by atomic mass is 16.1. The van der Waals surface area contributed by atoms with Crippen molar-refractivity contribution in [3.05, 3.63) is 70.7 Å². The van der Waals surface area contributed by atoms with Crippen LogP contribution in [-0.4, -0.2) is 15.7 Å². The number of aryl methyl sites for hydroxylation is 1. The minimum atomic E-state index is 0.517. The van der Waals surface area contributed by atoms with Gasteiger partial charge in [-0.25, -0.2) is 4.98 Å². The minimum Gasteiger partial charge on any atom is -0.296 e. The minimum absolute atomic E-state index is 0.517. The van der Waals surface area contributed by atoms with E-state index in [2.05, 4.69) is 11.1 Å². The Labute approximate surface area is 122 Å². The molecule has 0 aliphatic rings. The third-order valence-corrected chi connectivity index (χ3v) is 3.59. The number of carbonyl (C=O) groups excluding carboxylic acids is 1. The predicted octanol–water partition coefficient (Wildman–Crippen LogP) is 2.92. The van der Waals surface area contributed by atoms with E-state index in [0.29, 0.717) is 23.3 Å². The van der Waals surface area contributed by atoms with E-state index < -0.39 is 0 Å². The molecule has 2 aromatic heterocycles. The molecule has 1 aromatic carbocycles. The predicted molar refractivity (Wildman–Crippen MR) is 79.3 cm³/mol. The van der Waals surface area contributed by atoms with Gasteiger partial charge in [0.25, 0.3) is 0 Å². The largest absolute Gasteiger partial charge is 0.296 e. The monoisotopic (exact) mass is 275 g/mol. The van der Waals surface area contributed by atoms with E-state index in [1.165, 1.54) is 0 Å². The molecule has 0 saturated carbocycles. The molecule has 0 aliphatic heterocycles. The molecule has 102 valence electrons. The van der Waals surface area contributed by atoms with E-state index in [0.717, 1.165) is 23.2 Å². The number of imidazole rings is 1. The summed E-state index contributed by atoms with van der Waals surface area (Å²) in [5.74, 6) is 0. The highest BCUT2D eigenvalue weighted by Gasteiger charge is 2.15. The van der Waals surface area contributed by atoms with Gasteiger partial charge in [0, 0.05) is 12.1 Å². The van der Waals surface area contributed by atoms with Gasteiger partial charge in [-0.1, -0.05) is 30.3 Å². The Bertz CT molecular complexity index is 857. The van der Waals surface area contributed by atoms with E-state index in [1.54, 1.807) is 16.5 Å². The summed E-state index contributed by atoms with van der Waals surface area (Å²) in [5, 5.41) is 9.11. The Balaban J connectivity index is 2.19. The zero-order valence-electron chi connectivity index (χ0n) is 11.6. The number of carbonyl (C=O) groups is 1. The average Bonchev–Trinajstić information content (AvgIpc) is 2.86. The summed E-state index contributed by atoms with van der Waals surface area (Å²) in [6.45, 7) is 1.83. The van der Waals surface area contributed by atoms with Crippen LogP contribution in [0.3, 0.4) is 0 Å². The van der Waals surface area contributed by atoms with Crippen molar-refractivity contribution in [1.29, 1.82) is 5.26 Å². The second-order valence-electron chi connectivity index (χ2n) is 4.86. The van der Waals surface area contributed by atoms with Crippen molar-refractivity contribution in [3.8, 4) is 6.07 Å². The van der Waals surface area contributed by atoms with E-state index in [4.69, 9.17) is 5.26 Å². The molecule has 0 radical (unpaired) electrons. The molecule has 21 heavy (non-hydrogen) atoms. The summed E-state index contributed by atoms with van der Waals surface area (Å²) in [7, 11) is 0. The lowest BCUT2D eigenvalue weighted by atomic mass is 10.1. The van der Waals surface area contributed by atoms with Gasteiger partial charge in [-0.3, -0.25) is 9.20 Å². The second kappa shape index (κ2) is 5.22. The highest BCUT2D eigenvalue weighted by molar-refractivity contribution is 5.77. The summed E-state index contributed by atoms with van der Waals surface area (Å²) < 4.78 is 1.75. The number of hydrogen-bond acceptors (Lipinski definition) is 3. The van der Waals surface area contributed by atoms with E-state index >= 15 is 0 Å². The van der Waals surface area contributed by atoms with E-state index in [1.807, 2.05) is 37.3 Å². The van der Waals surface area contributed by atoms with Crippen molar-refractivity contribution in [1.82, 2.24) is 9.38 Å². The molecule has 0 saturated heterocycles. The Kier molecular flexibility index (Phi) is 3.25. The summed E-state index contributed by atoms with van der Waals surface area (Å²) in [6.07, 6.45) is 1.41. The van der Waals surface area contributed by atoms with Crippen molar-refractivity contribution in [2.45, 2.75) is 13.3 Å². The molecule has 0 unspecified atom stereocenters. The van der Waals surface area contributed by atoms with Gasteiger partial charge in [-0.2, -0.15) is 5.26 Å². The number of nitrogens with zero attached hydrogens (tertiary/aromatic N) is 3. The molecule has 0 bridgehead atoms. The van der Waals surface area contributed by atoms with Gasteiger partial charge in [-0.05, 0) is 24.6 Å². The Morgan fingerprint density at radius 3 is 2.67 bits per heavy atom. The van der Waals surface area contributed by atoms with Gasteiger partial charge in [0.05, 0.1) is 11.3 Å². The van der Waals surface area contributed by atoms with E-state index in [-0.39, 0.29) is 0 Å². The number of benzene rings is 1. The molecule has 0 N–H and O–H groups in total. The average molecular weight is 275 g/mol. The molecule has 3 rings (SSSR count). The highest BCUT2D eigenvalue weighted by Crippen LogP contribution is 2.19. The number of hydrogen-bond donors (Lipinski definition) is 0. The van der Waals surface area contributed by atoms with Crippen molar-refractivity contribution >= 4 is 11.9 Å². The summed E-state index contributed by atoms with van der Waals surface area (Å²) in [6, 6.07) is 15.5.